The van der Waals surface area contributed by atoms with E-state index >= 15 is 0 Å². The average Bonchev–Trinajstić information content (AvgIpc) is 3.54. The second-order valence-electron chi connectivity index (χ2n) is 10.1. The number of nitrogens with two attached hydrogens (primary N) is 1. The van der Waals surface area contributed by atoms with E-state index in [1.54, 1.807) is 11.3 Å². The highest BCUT2D eigenvalue weighted by molar-refractivity contribution is 7.21. The van der Waals surface area contributed by atoms with Crippen LogP contribution in [-0.4, -0.2) is 31.5 Å². The Kier molecular flexibility index (Phi) is 4.05. The molecular formula is C27H23N5O3S. The van der Waals surface area contributed by atoms with Crippen LogP contribution in [0.15, 0.2) is 45.9 Å². The predicted octanol–water partition coefficient (Wildman–Crippen LogP) is 4.24. The fourth-order valence-electron chi connectivity index (χ4n) is 6.78. The fourth-order valence-corrected chi connectivity index (χ4v) is 8.26. The number of Topliss-reactive ketones (excluding diaryl/α,β-unsaturated/α-hetero) is 1. The third-order valence-corrected chi connectivity index (χ3v) is 9.61. The normalized spacial score (nSPS) is 23.8. The van der Waals surface area contributed by atoms with Crippen LogP contribution in [0.5, 0.6) is 11.5 Å². The molecule has 1 saturated heterocycles. The van der Waals surface area contributed by atoms with E-state index in [1.165, 1.54) is 10.6 Å². The lowest BCUT2D eigenvalue weighted by atomic mass is 9.75. The van der Waals surface area contributed by atoms with Crippen LogP contribution in [0, 0.1) is 11.3 Å². The largest absolute Gasteiger partial charge is 0.454 e. The first kappa shape index (κ1) is 20.4. The van der Waals surface area contributed by atoms with Crippen LogP contribution in [-0.2, 0) is 4.79 Å². The Morgan fingerprint density at radius 3 is 2.81 bits per heavy atom. The molecule has 0 saturated carbocycles. The molecule has 1 aliphatic carbocycles. The summed E-state index contributed by atoms with van der Waals surface area (Å²) in [6, 6.07) is 8.10. The molecule has 1 aromatic carbocycles. The van der Waals surface area contributed by atoms with E-state index < -0.39 is 5.92 Å². The first-order valence-corrected chi connectivity index (χ1v) is 13.3. The summed E-state index contributed by atoms with van der Waals surface area (Å²) in [5.74, 6) is 2.42. The molecule has 0 spiro atoms. The average molecular weight is 498 g/mol. The number of thiophene rings is 1. The number of nitriles is 1. The molecule has 7 heterocycles. The van der Waals surface area contributed by atoms with Crippen LogP contribution in [0.1, 0.15) is 60.6 Å². The molecule has 180 valence electrons. The number of anilines is 2. The minimum Gasteiger partial charge on any atom is -0.454 e. The lowest BCUT2D eigenvalue weighted by molar-refractivity contribution is -0.116. The molecule has 36 heavy (non-hydrogen) atoms. The topological polar surface area (TPSA) is 104 Å². The number of fused-ring (bicyclic) bond motifs is 7. The van der Waals surface area contributed by atoms with Crippen LogP contribution in [0.2, 0.25) is 0 Å². The lowest BCUT2D eigenvalue weighted by Gasteiger charge is -2.41. The Bertz CT molecular complexity index is 1520. The zero-order valence-corrected chi connectivity index (χ0v) is 20.4. The number of rotatable bonds is 1. The van der Waals surface area contributed by atoms with Crippen molar-refractivity contribution in [1.29, 1.82) is 5.26 Å². The summed E-state index contributed by atoms with van der Waals surface area (Å²) in [5, 5.41) is 12.8. The highest BCUT2D eigenvalue weighted by Crippen LogP contribution is 2.58. The molecule has 6 aliphatic heterocycles. The van der Waals surface area contributed by atoms with E-state index in [-0.39, 0.29) is 12.6 Å². The molecule has 9 rings (SSSR count). The van der Waals surface area contributed by atoms with Crippen molar-refractivity contribution < 1.29 is 14.3 Å². The van der Waals surface area contributed by atoms with E-state index in [1.807, 2.05) is 18.2 Å². The smallest absolute Gasteiger partial charge is 0.231 e. The standard InChI is InChI=1S/C27H23N5O3S/c28-11-15-20(14-4-5-18-19(10-14)35-12-34-18)22-16(2-1-3-17(22)33)32-25(15)30-24(29)23-21-13-6-8-31(9-7-13)26(21)36-27(23)32/h4-5,10,13,20H,1-3,6-9,12H2,(H2,29,30)/t20-/m0/s1. The van der Waals surface area contributed by atoms with Gasteiger partial charge < -0.3 is 20.1 Å². The number of amidine groups is 1. The molecule has 1 atom stereocenters. The van der Waals surface area contributed by atoms with Gasteiger partial charge in [0.15, 0.2) is 23.1 Å². The van der Waals surface area contributed by atoms with E-state index in [2.05, 4.69) is 15.9 Å². The van der Waals surface area contributed by atoms with E-state index in [4.69, 9.17) is 20.2 Å². The fraction of sp³-hybridized carbons (Fsp3) is 0.370. The number of benzene rings is 1. The SMILES string of the molecule is N#CC1=C2N=C(N)c3c(sc4c3C3CCN4CC3)N2C2=C(C(=O)CCC2)[C@H]1c1ccc2c(c1)OCO2. The summed E-state index contributed by atoms with van der Waals surface area (Å²) >= 11 is 1.74. The van der Waals surface area contributed by atoms with Crippen molar-refractivity contribution in [3.05, 3.63) is 57.6 Å². The van der Waals surface area contributed by atoms with Crippen molar-refractivity contribution in [3.8, 4) is 17.6 Å². The van der Waals surface area contributed by atoms with Crippen molar-refractivity contribution in [1.82, 2.24) is 0 Å². The summed E-state index contributed by atoms with van der Waals surface area (Å²) < 4.78 is 11.1. The van der Waals surface area contributed by atoms with Crippen LogP contribution >= 0.6 is 11.3 Å². The molecule has 0 radical (unpaired) electrons. The number of hydrogen-bond donors (Lipinski definition) is 1. The minimum absolute atomic E-state index is 0.0972. The predicted molar refractivity (Wildman–Crippen MR) is 136 cm³/mol. The molecule has 9 heteroatoms. The van der Waals surface area contributed by atoms with Crippen molar-refractivity contribution in [2.45, 2.75) is 43.9 Å². The summed E-state index contributed by atoms with van der Waals surface area (Å²) in [6.07, 6.45) is 4.29. The maximum Gasteiger partial charge on any atom is 0.231 e. The van der Waals surface area contributed by atoms with Gasteiger partial charge in [-0.1, -0.05) is 17.4 Å². The zero-order valence-electron chi connectivity index (χ0n) is 19.5. The van der Waals surface area contributed by atoms with E-state index in [0.717, 1.165) is 60.6 Å². The van der Waals surface area contributed by atoms with Gasteiger partial charge in [-0.25, -0.2) is 4.99 Å². The highest BCUT2D eigenvalue weighted by atomic mass is 32.1. The van der Waals surface area contributed by atoms with Gasteiger partial charge in [-0.3, -0.25) is 9.69 Å². The Hall–Kier alpha value is -3.77. The second kappa shape index (κ2) is 7.14. The number of ketones is 1. The molecule has 0 amide bonds. The van der Waals surface area contributed by atoms with Crippen molar-refractivity contribution in [2.24, 2.45) is 10.7 Å². The number of carbonyl (C=O) groups is 1. The maximum absolute atomic E-state index is 13.5. The van der Waals surface area contributed by atoms with Crippen LogP contribution < -0.4 is 25.0 Å². The van der Waals surface area contributed by atoms with Crippen LogP contribution in [0.25, 0.3) is 0 Å². The zero-order chi connectivity index (χ0) is 24.1. The number of allylic oxidation sites excluding steroid dienone is 3. The van der Waals surface area contributed by atoms with Gasteiger partial charge in [0, 0.05) is 36.3 Å². The van der Waals surface area contributed by atoms with Gasteiger partial charge in [-0.15, -0.1) is 0 Å². The maximum atomic E-state index is 13.5. The molecule has 1 fully saturated rings. The third kappa shape index (κ3) is 2.52. The monoisotopic (exact) mass is 497 g/mol. The summed E-state index contributed by atoms with van der Waals surface area (Å²) in [6.45, 7) is 2.30. The minimum atomic E-state index is -0.508. The number of piperidine rings is 1. The second-order valence-corrected chi connectivity index (χ2v) is 11.1. The van der Waals surface area contributed by atoms with Crippen LogP contribution in [0.4, 0.5) is 10.0 Å². The van der Waals surface area contributed by atoms with Gasteiger partial charge in [-0.2, -0.15) is 5.26 Å². The van der Waals surface area contributed by atoms with Crippen molar-refractivity contribution in [3.63, 3.8) is 0 Å². The number of hydrogen-bond acceptors (Lipinski definition) is 9. The molecule has 1 aromatic heterocycles. The Labute approximate surface area is 211 Å². The molecule has 0 unspecified atom stereocenters. The van der Waals surface area contributed by atoms with Crippen molar-refractivity contribution in [2.75, 3.05) is 29.7 Å². The Balaban J connectivity index is 1.38. The van der Waals surface area contributed by atoms with E-state index in [0.29, 0.717) is 46.6 Å². The van der Waals surface area contributed by atoms with Crippen molar-refractivity contribution >= 4 is 33.0 Å². The summed E-state index contributed by atoms with van der Waals surface area (Å²) in [7, 11) is 0. The van der Waals surface area contributed by atoms with Crippen LogP contribution in [0.3, 0.4) is 0 Å². The molecular weight excluding hydrogens is 474 g/mol. The number of nitrogens with zero attached hydrogens (tertiary/aromatic N) is 4. The summed E-state index contributed by atoms with van der Waals surface area (Å²) in [4.78, 5) is 23.0. The Morgan fingerprint density at radius 2 is 1.97 bits per heavy atom. The molecule has 8 nitrogen and oxygen atoms in total. The highest BCUT2D eigenvalue weighted by Gasteiger charge is 2.47. The van der Waals surface area contributed by atoms with Gasteiger partial charge in [0.25, 0.3) is 0 Å². The van der Waals surface area contributed by atoms with Gasteiger partial charge >= 0.3 is 0 Å². The molecule has 2 bridgehead atoms. The number of carbonyl (C=O) groups excluding carboxylic acids is 1. The summed E-state index contributed by atoms with van der Waals surface area (Å²) in [5.41, 5.74) is 11.9. The van der Waals surface area contributed by atoms with E-state index in [9.17, 15) is 10.1 Å². The molecule has 2 N–H and O–H groups in total. The Morgan fingerprint density at radius 1 is 1.14 bits per heavy atom. The van der Waals surface area contributed by atoms with Gasteiger partial charge in [-0.05, 0) is 49.3 Å². The first-order valence-electron chi connectivity index (χ1n) is 12.5. The number of ether oxygens (including phenoxy) is 2. The molecule has 7 aliphatic rings. The quantitative estimate of drug-likeness (QED) is 0.628. The molecule has 2 aromatic rings. The number of aliphatic imine (C=N–C) groups is 1. The lowest BCUT2D eigenvalue weighted by Crippen LogP contribution is -2.40. The van der Waals surface area contributed by atoms with Gasteiger partial charge in [0.2, 0.25) is 6.79 Å². The third-order valence-electron chi connectivity index (χ3n) is 8.36. The van der Waals surface area contributed by atoms with Gasteiger partial charge in [0.1, 0.15) is 10.8 Å². The first-order chi connectivity index (χ1) is 17.6. The van der Waals surface area contributed by atoms with Gasteiger partial charge in [0.05, 0.1) is 28.1 Å².